The van der Waals surface area contributed by atoms with Crippen molar-refractivity contribution in [3.63, 3.8) is 0 Å². The summed E-state index contributed by atoms with van der Waals surface area (Å²) in [6.45, 7) is 5.96. The summed E-state index contributed by atoms with van der Waals surface area (Å²) < 4.78 is 0. The predicted octanol–water partition coefficient (Wildman–Crippen LogP) is 3.81. The molecule has 1 aromatic rings. The van der Waals surface area contributed by atoms with Gasteiger partial charge in [-0.2, -0.15) is 0 Å². The Morgan fingerprint density at radius 1 is 1.15 bits per heavy atom. The predicted molar refractivity (Wildman–Crippen MR) is 102 cm³/mol. The largest absolute Gasteiger partial charge is 0.378 e. The molecule has 1 amide bonds. The molecule has 0 spiro atoms. The molecule has 1 atom stereocenters. The zero-order valence-corrected chi connectivity index (χ0v) is 15.7. The van der Waals surface area contributed by atoms with Gasteiger partial charge in [-0.05, 0) is 39.7 Å². The molecule has 3 N–H and O–H groups in total. The van der Waals surface area contributed by atoms with Crippen molar-refractivity contribution in [1.82, 2.24) is 5.32 Å². The van der Waals surface area contributed by atoms with Crippen molar-refractivity contribution in [2.45, 2.75) is 76.4 Å². The molecule has 0 aromatic heterocycles. The van der Waals surface area contributed by atoms with Crippen LogP contribution in [0.5, 0.6) is 0 Å². The van der Waals surface area contributed by atoms with Crippen LogP contribution in [0.2, 0.25) is 0 Å². The van der Waals surface area contributed by atoms with Crippen LogP contribution < -0.4 is 16.0 Å². The number of carbonyl (C=O) groups is 1. The van der Waals surface area contributed by atoms with Gasteiger partial charge in [-0.25, -0.2) is 0 Å². The number of hydrogen-bond donors (Lipinski definition) is 3. The van der Waals surface area contributed by atoms with Gasteiger partial charge in [-0.15, -0.1) is 0 Å². The summed E-state index contributed by atoms with van der Waals surface area (Å²) in [5.74, 6) is -0.0429. The number of nitrogens with zero attached hydrogens (tertiary/aromatic N) is 1. The lowest BCUT2D eigenvalue weighted by molar-refractivity contribution is -0.384. The number of non-ortho nitro benzene ring substituents is 1. The number of hydrogen-bond acceptors (Lipinski definition) is 5. The van der Waals surface area contributed by atoms with Gasteiger partial charge in [0.2, 0.25) is 5.91 Å². The van der Waals surface area contributed by atoms with Crippen LogP contribution in [0, 0.1) is 10.1 Å². The Kier molecular flexibility index (Phi) is 4.82. The third kappa shape index (κ3) is 3.92. The van der Waals surface area contributed by atoms with Gasteiger partial charge in [0.05, 0.1) is 16.3 Å². The fourth-order valence-corrected chi connectivity index (χ4v) is 4.22. The van der Waals surface area contributed by atoms with E-state index in [4.69, 9.17) is 0 Å². The summed E-state index contributed by atoms with van der Waals surface area (Å²) in [4.78, 5) is 23.8. The van der Waals surface area contributed by atoms with Gasteiger partial charge in [-0.3, -0.25) is 14.9 Å². The molecule has 1 fully saturated rings. The molecule has 1 aliphatic carbocycles. The van der Waals surface area contributed by atoms with Gasteiger partial charge in [0.15, 0.2) is 0 Å². The lowest BCUT2D eigenvalue weighted by Crippen LogP contribution is -2.56. The van der Waals surface area contributed by atoms with E-state index in [1.807, 2.05) is 20.8 Å². The Bertz CT molecular complexity index is 713. The average molecular weight is 360 g/mol. The molecule has 26 heavy (non-hydrogen) atoms. The van der Waals surface area contributed by atoms with Crippen molar-refractivity contribution >= 4 is 23.0 Å². The van der Waals surface area contributed by atoms with Crippen LogP contribution in [0.1, 0.15) is 59.3 Å². The number of rotatable bonds is 3. The first-order valence-electron chi connectivity index (χ1n) is 9.34. The molecule has 1 unspecified atom stereocenters. The average Bonchev–Trinajstić information content (AvgIpc) is 2.67. The highest BCUT2D eigenvalue weighted by molar-refractivity contribution is 5.91. The highest BCUT2D eigenvalue weighted by Crippen LogP contribution is 2.38. The molecule has 3 rings (SSSR count). The lowest BCUT2D eigenvalue weighted by atomic mass is 9.84. The summed E-state index contributed by atoms with van der Waals surface area (Å²) in [7, 11) is 0. The van der Waals surface area contributed by atoms with Crippen molar-refractivity contribution in [3.05, 3.63) is 28.3 Å². The first-order chi connectivity index (χ1) is 12.2. The SMILES string of the molecule is CC1(C)CC(C)(C(=O)NC2CCCCC2)Nc2cc([N+](=O)[O-])ccc2N1. The number of benzene rings is 1. The highest BCUT2D eigenvalue weighted by atomic mass is 16.6. The molecule has 1 saturated carbocycles. The van der Waals surface area contributed by atoms with Crippen LogP contribution in [0.3, 0.4) is 0 Å². The molecule has 2 aliphatic rings. The van der Waals surface area contributed by atoms with Gasteiger partial charge in [0, 0.05) is 30.1 Å². The van der Waals surface area contributed by atoms with Crippen molar-refractivity contribution in [2.75, 3.05) is 10.6 Å². The minimum absolute atomic E-state index is 0.00722. The van der Waals surface area contributed by atoms with E-state index in [0.29, 0.717) is 12.1 Å². The second kappa shape index (κ2) is 6.78. The molecule has 7 nitrogen and oxygen atoms in total. The second-order valence-electron chi connectivity index (χ2n) is 8.44. The van der Waals surface area contributed by atoms with Crippen LogP contribution >= 0.6 is 0 Å². The van der Waals surface area contributed by atoms with Crippen molar-refractivity contribution < 1.29 is 9.72 Å². The van der Waals surface area contributed by atoms with E-state index in [9.17, 15) is 14.9 Å². The minimum Gasteiger partial charge on any atom is -0.378 e. The zero-order chi connectivity index (χ0) is 18.9. The van der Waals surface area contributed by atoms with Crippen molar-refractivity contribution in [3.8, 4) is 0 Å². The minimum atomic E-state index is -0.853. The van der Waals surface area contributed by atoms with E-state index in [1.54, 1.807) is 6.07 Å². The fraction of sp³-hybridized carbons (Fsp3) is 0.632. The first-order valence-corrected chi connectivity index (χ1v) is 9.34. The molecule has 0 saturated heterocycles. The summed E-state index contributed by atoms with van der Waals surface area (Å²) >= 11 is 0. The third-order valence-corrected chi connectivity index (χ3v) is 5.33. The van der Waals surface area contributed by atoms with E-state index in [1.165, 1.54) is 18.6 Å². The molecule has 1 aliphatic heterocycles. The monoisotopic (exact) mass is 360 g/mol. The summed E-state index contributed by atoms with van der Waals surface area (Å²) in [5, 5.41) is 21.0. The number of carbonyl (C=O) groups excluding carboxylic acids is 1. The van der Waals surface area contributed by atoms with Crippen LogP contribution in [0.4, 0.5) is 17.1 Å². The first kappa shape index (κ1) is 18.5. The van der Waals surface area contributed by atoms with E-state index in [0.717, 1.165) is 31.4 Å². The zero-order valence-electron chi connectivity index (χ0n) is 15.7. The second-order valence-corrected chi connectivity index (χ2v) is 8.44. The van der Waals surface area contributed by atoms with Gasteiger partial charge in [-0.1, -0.05) is 19.3 Å². The molecule has 1 heterocycles. The van der Waals surface area contributed by atoms with Crippen molar-refractivity contribution in [1.29, 1.82) is 0 Å². The van der Waals surface area contributed by atoms with Crippen LogP contribution in [0.15, 0.2) is 18.2 Å². The van der Waals surface area contributed by atoms with E-state index < -0.39 is 10.5 Å². The Morgan fingerprint density at radius 3 is 2.50 bits per heavy atom. The van der Waals surface area contributed by atoms with E-state index >= 15 is 0 Å². The van der Waals surface area contributed by atoms with Gasteiger partial charge < -0.3 is 16.0 Å². The normalized spacial score (nSPS) is 25.2. The Labute approximate surface area is 154 Å². The lowest BCUT2D eigenvalue weighted by Gasteiger charge is -2.36. The van der Waals surface area contributed by atoms with Crippen LogP contribution in [-0.2, 0) is 4.79 Å². The summed E-state index contributed by atoms with van der Waals surface area (Å²) in [6, 6.07) is 4.90. The van der Waals surface area contributed by atoms with E-state index in [-0.39, 0.29) is 23.2 Å². The number of fused-ring (bicyclic) bond motifs is 1. The molecule has 1 aromatic carbocycles. The third-order valence-electron chi connectivity index (χ3n) is 5.33. The Hall–Kier alpha value is -2.31. The quantitative estimate of drug-likeness (QED) is 0.563. The number of amides is 1. The summed E-state index contributed by atoms with van der Waals surface area (Å²) in [6.07, 6.45) is 6.13. The molecule has 7 heteroatoms. The number of nitro benzene ring substituents is 1. The Morgan fingerprint density at radius 2 is 1.85 bits per heavy atom. The van der Waals surface area contributed by atoms with Gasteiger partial charge >= 0.3 is 0 Å². The maximum Gasteiger partial charge on any atom is 0.271 e. The van der Waals surface area contributed by atoms with Gasteiger partial charge in [0.1, 0.15) is 5.54 Å². The van der Waals surface area contributed by atoms with Crippen LogP contribution in [-0.4, -0.2) is 28.0 Å². The highest BCUT2D eigenvalue weighted by Gasteiger charge is 2.42. The standard InChI is InChI=1S/C19H28N4O3/c1-18(2)12-19(3,17(24)20-13-7-5-4-6-8-13)22-16-11-14(23(25)26)9-10-15(16)21-18/h9-11,13,21-22H,4-8,12H2,1-3H3,(H,20,24). The molecule has 0 bridgehead atoms. The van der Waals surface area contributed by atoms with Crippen molar-refractivity contribution in [2.24, 2.45) is 0 Å². The number of nitro groups is 1. The topological polar surface area (TPSA) is 96.3 Å². The van der Waals surface area contributed by atoms with Gasteiger partial charge in [0.25, 0.3) is 5.69 Å². The molecule has 0 radical (unpaired) electrons. The smallest absolute Gasteiger partial charge is 0.271 e. The maximum absolute atomic E-state index is 13.1. The fourth-order valence-electron chi connectivity index (χ4n) is 4.22. The maximum atomic E-state index is 13.1. The molecular weight excluding hydrogens is 332 g/mol. The van der Waals surface area contributed by atoms with E-state index in [2.05, 4.69) is 16.0 Å². The molecule has 142 valence electrons. The molecular formula is C19H28N4O3. The Balaban J connectivity index is 1.89. The number of nitrogens with one attached hydrogen (secondary N) is 3. The summed E-state index contributed by atoms with van der Waals surface area (Å²) in [5.41, 5.74) is 0.176. The number of anilines is 2. The van der Waals surface area contributed by atoms with Crippen LogP contribution in [0.25, 0.3) is 0 Å².